The van der Waals surface area contributed by atoms with E-state index in [4.69, 9.17) is 14.6 Å². The number of methoxy groups -OCH3 is 1. The molecular weight excluding hydrogens is 502 g/mol. The van der Waals surface area contributed by atoms with Crippen LogP contribution in [0.2, 0.25) is 0 Å². The minimum absolute atomic E-state index is 0.192. The highest BCUT2D eigenvalue weighted by Gasteiger charge is 2.33. The van der Waals surface area contributed by atoms with Gasteiger partial charge < -0.3 is 19.5 Å². The summed E-state index contributed by atoms with van der Waals surface area (Å²) < 4.78 is 13.1. The molecule has 40 heavy (non-hydrogen) atoms. The molecule has 0 spiro atoms. The Labute approximate surface area is 235 Å². The van der Waals surface area contributed by atoms with Crippen LogP contribution in [0.3, 0.4) is 0 Å². The number of aromatic nitrogens is 2. The molecule has 1 saturated heterocycles. The van der Waals surface area contributed by atoms with E-state index in [0.717, 1.165) is 76.2 Å². The van der Waals surface area contributed by atoms with Crippen molar-refractivity contribution in [3.63, 3.8) is 0 Å². The van der Waals surface area contributed by atoms with Crippen LogP contribution in [0.4, 0.5) is 5.69 Å². The van der Waals surface area contributed by atoms with E-state index in [2.05, 4.69) is 30.5 Å². The van der Waals surface area contributed by atoms with Gasteiger partial charge in [-0.25, -0.2) is 4.52 Å². The normalized spacial score (nSPS) is 14.8. The predicted molar refractivity (Wildman–Crippen MR) is 159 cm³/mol. The van der Waals surface area contributed by atoms with Gasteiger partial charge in [-0.2, -0.15) is 5.10 Å². The van der Waals surface area contributed by atoms with Crippen molar-refractivity contribution < 1.29 is 19.4 Å². The van der Waals surface area contributed by atoms with E-state index >= 15 is 0 Å². The molecule has 1 fully saturated rings. The molecule has 0 unspecified atom stereocenters. The van der Waals surface area contributed by atoms with Crippen molar-refractivity contribution in [2.75, 3.05) is 31.7 Å². The van der Waals surface area contributed by atoms with Gasteiger partial charge in [0.2, 0.25) is 0 Å². The van der Waals surface area contributed by atoms with E-state index in [0.29, 0.717) is 6.61 Å². The van der Waals surface area contributed by atoms with Crippen molar-refractivity contribution in [3.05, 3.63) is 84.1 Å². The molecule has 2 aromatic carbocycles. The average molecular weight is 540 g/mol. The maximum absolute atomic E-state index is 12.5. The molecule has 0 amide bonds. The zero-order valence-electron chi connectivity index (χ0n) is 23.7. The second-order valence-corrected chi connectivity index (χ2v) is 10.9. The molecule has 3 heterocycles. The maximum Gasteiger partial charge on any atom is 0.310 e. The van der Waals surface area contributed by atoms with Crippen LogP contribution in [0, 0.1) is 13.8 Å². The van der Waals surface area contributed by atoms with Gasteiger partial charge in [0.05, 0.1) is 42.6 Å². The van der Waals surface area contributed by atoms with E-state index < -0.39 is 0 Å². The summed E-state index contributed by atoms with van der Waals surface area (Å²) in [6.45, 7) is 12.1. The number of phenolic OH excluding ortho intramolecular Hbond substituents is 1. The topological polar surface area (TPSA) is 76.3 Å². The van der Waals surface area contributed by atoms with Crippen LogP contribution in [0.1, 0.15) is 36.5 Å². The number of nitrogens with zero attached hydrogens (tertiary/aromatic N) is 3. The van der Waals surface area contributed by atoms with Crippen LogP contribution < -0.4 is 4.90 Å². The number of aromatic hydroxyl groups is 1. The van der Waals surface area contributed by atoms with Crippen molar-refractivity contribution in [1.82, 2.24) is 9.61 Å². The zero-order chi connectivity index (χ0) is 28.4. The monoisotopic (exact) mass is 539 g/mol. The lowest BCUT2D eigenvalue weighted by atomic mass is 9.92. The smallest absolute Gasteiger partial charge is 0.310 e. The highest BCUT2D eigenvalue weighted by Crippen LogP contribution is 2.38. The molecule has 0 bridgehead atoms. The first kappa shape index (κ1) is 27.5. The fourth-order valence-corrected chi connectivity index (χ4v) is 5.54. The van der Waals surface area contributed by atoms with Gasteiger partial charge >= 0.3 is 5.97 Å². The van der Waals surface area contributed by atoms with E-state index in [1.165, 1.54) is 7.11 Å². The molecule has 0 atom stereocenters. The zero-order valence-corrected chi connectivity index (χ0v) is 23.7. The molecule has 1 N–H and O–H groups in total. The van der Waals surface area contributed by atoms with Crippen molar-refractivity contribution in [2.24, 2.45) is 0 Å². The molecule has 2 aromatic heterocycles. The quantitative estimate of drug-likeness (QED) is 0.210. The Balaban J connectivity index is 1.58. The lowest BCUT2D eigenvalue weighted by Crippen LogP contribution is -2.45. The predicted octanol–water partition coefficient (Wildman–Crippen LogP) is 6.27. The van der Waals surface area contributed by atoms with Gasteiger partial charge in [0.15, 0.2) is 0 Å². The summed E-state index contributed by atoms with van der Waals surface area (Å²) >= 11 is 0. The second-order valence-electron chi connectivity index (χ2n) is 10.9. The SMILES string of the molecule is C=CCOC1(C)CCN(c2c(CC(=O)OC)c(C)cn3nc(-c4cccc(-c5cc(C)ccc5O)c4)cc23)CC1. The third-order valence-corrected chi connectivity index (χ3v) is 7.91. The number of carbonyl (C=O) groups excluding carboxylic acids is 1. The van der Waals surface area contributed by atoms with Crippen LogP contribution in [0.5, 0.6) is 5.75 Å². The summed E-state index contributed by atoms with van der Waals surface area (Å²) in [5.41, 5.74) is 8.26. The molecule has 7 nitrogen and oxygen atoms in total. The third kappa shape index (κ3) is 5.47. The number of ether oxygens (including phenoxy) is 2. The first-order chi connectivity index (χ1) is 19.2. The number of carbonyl (C=O) groups is 1. The number of fused-ring (bicyclic) bond motifs is 1. The van der Waals surface area contributed by atoms with E-state index in [9.17, 15) is 9.90 Å². The highest BCUT2D eigenvalue weighted by molar-refractivity contribution is 5.86. The number of piperidine rings is 1. The lowest BCUT2D eigenvalue weighted by Gasteiger charge is -2.41. The lowest BCUT2D eigenvalue weighted by molar-refractivity contribution is -0.139. The summed E-state index contributed by atoms with van der Waals surface area (Å²) in [5.74, 6) is -0.0208. The molecule has 5 rings (SSSR count). The number of esters is 1. The molecule has 0 saturated carbocycles. The summed E-state index contributed by atoms with van der Waals surface area (Å²) in [4.78, 5) is 14.8. The maximum atomic E-state index is 12.5. The summed E-state index contributed by atoms with van der Waals surface area (Å²) in [6, 6.07) is 15.8. The van der Waals surface area contributed by atoms with E-state index in [-0.39, 0.29) is 23.7 Å². The minimum Gasteiger partial charge on any atom is -0.507 e. The Bertz CT molecular complexity index is 1560. The number of anilines is 1. The Morgan fingerprint density at radius 3 is 2.60 bits per heavy atom. The molecule has 0 aliphatic carbocycles. The Morgan fingerprint density at radius 2 is 1.88 bits per heavy atom. The number of pyridine rings is 1. The molecular formula is C33H37N3O4. The van der Waals surface area contributed by atoms with Crippen LogP contribution >= 0.6 is 0 Å². The Morgan fingerprint density at radius 1 is 1.12 bits per heavy atom. The van der Waals surface area contributed by atoms with Gasteiger partial charge in [-0.1, -0.05) is 35.9 Å². The minimum atomic E-state index is -0.268. The van der Waals surface area contributed by atoms with Gasteiger partial charge in [0, 0.05) is 30.4 Å². The first-order valence-electron chi connectivity index (χ1n) is 13.7. The van der Waals surface area contributed by atoms with Gasteiger partial charge in [0.1, 0.15) is 5.75 Å². The Kier molecular flexibility index (Phi) is 7.68. The van der Waals surface area contributed by atoms with Gasteiger partial charge in [-0.15, -0.1) is 6.58 Å². The first-order valence-corrected chi connectivity index (χ1v) is 13.7. The fraction of sp³-hybridized carbons (Fsp3) is 0.333. The number of rotatable bonds is 8. The summed E-state index contributed by atoms with van der Waals surface area (Å²) in [7, 11) is 1.43. The second kappa shape index (κ2) is 11.2. The standard InChI is InChI=1S/C33H37N3O4/c1-6-16-40-33(4)12-14-35(15-13-33)32-26(19-31(38)39-5)23(3)21-36-29(32)20-28(34-36)25-9-7-8-24(18-25)27-17-22(2)10-11-30(27)37/h6-11,17-18,20-21,37H,1,12-16,19H2,2-5H3. The van der Waals surface area contributed by atoms with Crippen molar-refractivity contribution in [1.29, 1.82) is 0 Å². The molecule has 208 valence electrons. The number of benzene rings is 2. The highest BCUT2D eigenvalue weighted by atomic mass is 16.5. The van der Waals surface area contributed by atoms with Gasteiger partial charge in [0.25, 0.3) is 0 Å². The Hall–Kier alpha value is -4.10. The number of phenols is 1. The van der Waals surface area contributed by atoms with Crippen molar-refractivity contribution in [3.8, 4) is 28.1 Å². The number of aryl methyl sites for hydroxylation is 2. The van der Waals surface area contributed by atoms with Crippen LogP contribution in [0.15, 0.2) is 67.4 Å². The molecule has 0 radical (unpaired) electrons. The summed E-state index contributed by atoms with van der Waals surface area (Å²) in [6.07, 6.45) is 5.69. The van der Waals surface area contributed by atoms with Crippen LogP contribution in [0.25, 0.3) is 27.9 Å². The number of hydrogen-bond donors (Lipinski definition) is 1. The molecule has 1 aliphatic rings. The van der Waals surface area contributed by atoms with Crippen LogP contribution in [-0.4, -0.2) is 53.1 Å². The van der Waals surface area contributed by atoms with E-state index in [1.807, 2.05) is 54.9 Å². The molecule has 4 aromatic rings. The van der Waals surface area contributed by atoms with Crippen LogP contribution in [-0.2, 0) is 20.7 Å². The van der Waals surface area contributed by atoms with Gasteiger partial charge in [-0.05, 0) is 74.6 Å². The summed E-state index contributed by atoms with van der Waals surface area (Å²) in [5, 5.41) is 15.5. The third-order valence-electron chi connectivity index (χ3n) is 7.91. The van der Waals surface area contributed by atoms with Crippen molar-refractivity contribution >= 4 is 17.2 Å². The number of hydrogen-bond acceptors (Lipinski definition) is 6. The van der Waals surface area contributed by atoms with Crippen molar-refractivity contribution in [2.45, 2.75) is 45.6 Å². The fourth-order valence-electron chi connectivity index (χ4n) is 5.54. The average Bonchev–Trinajstić information content (AvgIpc) is 3.38. The molecule has 7 heteroatoms. The van der Waals surface area contributed by atoms with Gasteiger partial charge in [-0.3, -0.25) is 4.79 Å². The van der Waals surface area contributed by atoms with E-state index in [1.54, 1.807) is 12.1 Å². The molecule has 1 aliphatic heterocycles. The largest absolute Gasteiger partial charge is 0.507 e.